The van der Waals surface area contributed by atoms with Gasteiger partial charge in [-0.3, -0.25) is 5.41 Å². The lowest BCUT2D eigenvalue weighted by Crippen LogP contribution is -2.28. The molecule has 0 amide bonds. The van der Waals surface area contributed by atoms with Crippen molar-refractivity contribution in [2.45, 2.75) is 46.8 Å². The summed E-state index contributed by atoms with van der Waals surface area (Å²) in [5.74, 6) is 1.27. The highest BCUT2D eigenvalue weighted by Crippen LogP contribution is 2.34. The van der Waals surface area contributed by atoms with Crippen molar-refractivity contribution in [2.75, 3.05) is 6.54 Å². The van der Waals surface area contributed by atoms with Gasteiger partial charge < -0.3 is 14.7 Å². The lowest BCUT2D eigenvalue weighted by Gasteiger charge is -2.25. The molecule has 166 valence electrons. The van der Waals surface area contributed by atoms with Crippen LogP contribution in [0.1, 0.15) is 42.5 Å². The summed E-state index contributed by atoms with van der Waals surface area (Å²) in [7, 11) is 0. The van der Waals surface area contributed by atoms with Crippen LogP contribution >= 0.6 is 11.3 Å². The van der Waals surface area contributed by atoms with Gasteiger partial charge in [0.2, 0.25) is 0 Å². The summed E-state index contributed by atoms with van der Waals surface area (Å²) in [6, 6.07) is 14.2. The number of aryl methyl sites for hydroxylation is 2. The Morgan fingerprint density at radius 2 is 1.88 bits per heavy atom. The average Bonchev–Trinajstić information content (AvgIpc) is 3.29. The van der Waals surface area contributed by atoms with Gasteiger partial charge in [0.15, 0.2) is 0 Å². The predicted octanol–water partition coefficient (Wildman–Crippen LogP) is 6.37. The summed E-state index contributed by atoms with van der Waals surface area (Å²) in [5, 5.41) is 22.1. The molecule has 3 aromatic rings. The number of hydrogen-bond acceptors (Lipinski definition) is 5. The maximum absolute atomic E-state index is 10.7. The van der Waals surface area contributed by atoms with Crippen molar-refractivity contribution in [3.05, 3.63) is 75.3 Å². The molecule has 4 rings (SSSR count). The molecule has 2 heterocycles. The molecule has 1 aliphatic rings. The molecule has 0 unspecified atom stereocenters. The first-order chi connectivity index (χ1) is 15.1. The van der Waals surface area contributed by atoms with Gasteiger partial charge in [-0.25, -0.2) is 4.98 Å². The summed E-state index contributed by atoms with van der Waals surface area (Å²) in [5.41, 5.74) is 5.55. The van der Waals surface area contributed by atoms with E-state index in [0.29, 0.717) is 17.1 Å². The summed E-state index contributed by atoms with van der Waals surface area (Å²) in [6.07, 6.45) is 0. The molecule has 2 N–H and O–H groups in total. The monoisotopic (exact) mass is 447 g/mol. The number of aliphatic hydroxyl groups excluding tert-OH is 1. The molecule has 1 aliphatic heterocycles. The van der Waals surface area contributed by atoms with Crippen LogP contribution in [-0.4, -0.2) is 33.0 Å². The molecule has 0 fully saturated rings. The van der Waals surface area contributed by atoms with Gasteiger partial charge in [0.05, 0.1) is 17.8 Å². The number of thiazole rings is 1. The van der Waals surface area contributed by atoms with E-state index in [1.54, 1.807) is 0 Å². The Balaban J connectivity index is 1.55. The summed E-state index contributed by atoms with van der Waals surface area (Å²) < 4.78 is 6.10. The highest BCUT2D eigenvalue weighted by Gasteiger charge is 2.31. The molecule has 0 bridgehead atoms. The Bertz CT molecular complexity index is 1200. The second kappa shape index (κ2) is 8.43. The second-order valence-electron chi connectivity index (χ2n) is 9.19. The van der Waals surface area contributed by atoms with Crippen LogP contribution in [0.3, 0.4) is 0 Å². The van der Waals surface area contributed by atoms with Crippen LogP contribution in [0.15, 0.2) is 53.6 Å². The third-order valence-electron chi connectivity index (χ3n) is 5.45. The number of para-hydroxylation sites is 1. The van der Waals surface area contributed by atoms with E-state index in [0.717, 1.165) is 22.6 Å². The molecule has 0 atom stereocenters. The van der Waals surface area contributed by atoms with Gasteiger partial charge >= 0.3 is 0 Å². The second-order valence-corrected chi connectivity index (χ2v) is 10.0. The molecule has 1 aromatic heterocycles. The van der Waals surface area contributed by atoms with Crippen molar-refractivity contribution in [1.82, 2.24) is 9.88 Å². The Kier molecular flexibility index (Phi) is 5.82. The zero-order chi connectivity index (χ0) is 23.0. The zero-order valence-electron chi connectivity index (χ0n) is 19.2. The number of benzene rings is 2. The Morgan fingerprint density at radius 1 is 1.12 bits per heavy atom. The minimum atomic E-state index is -0.314. The number of nitrogens with zero attached hydrogens (tertiary/aromatic N) is 2. The fourth-order valence-corrected chi connectivity index (χ4v) is 4.58. The Morgan fingerprint density at radius 3 is 2.59 bits per heavy atom. The molecule has 2 aromatic carbocycles. The van der Waals surface area contributed by atoms with Gasteiger partial charge in [-0.15, -0.1) is 11.3 Å². The Labute approximate surface area is 193 Å². The molecule has 5 nitrogen and oxygen atoms in total. The molecular formula is C26H29N3O2S. The van der Waals surface area contributed by atoms with Crippen molar-refractivity contribution in [2.24, 2.45) is 0 Å². The SMILES string of the molecule is Cc1ccc(-c2csc(C3=C(O)CN(Cc4ccccc4OC(C)(C)C)C3=N)n2)cc1C. The number of aromatic nitrogens is 1. The van der Waals surface area contributed by atoms with E-state index >= 15 is 0 Å². The van der Waals surface area contributed by atoms with Crippen LogP contribution in [0, 0.1) is 19.3 Å². The lowest BCUT2D eigenvalue weighted by molar-refractivity contribution is 0.128. The average molecular weight is 448 g/mol. The number of nitrogens with one attached hydrogen (secondary N) is 1. The number of amidine groups is 1. The molecule has 32 heavy (non-hydrogen) atoms. The largest absolute Gasteiger partial charge is 0.510 e. The number of ether oxygens (including phenoxy) is 1. The van der Waals surface area contributed by atoms with Gasteiger partial charge in [-0.2, -0.15) is 0 Å². The maximum Gasteiger partial charge on any atom is 0.135 e. The molecule has 0 saturated heterocycles. The maximum atomic E-state index is 10.7. The smallest absolute Gasteiger partial charge is 0.135 e. The first-order valence-corrected chi connectivity index (χ1v) is 11.6. The van der Waals surface area contributed by atoms with Crippen molar-refractivity contribution in [3.63, 3.8) is 0 Å². The van der Waals surface area contributed by atoms with Gasteiger partial charge in [0.25, 0.3) is 0 Å². The van der Waals surface area contributed by atoms with Crippen molar-refractivity contribution >= 4 is 22.7 Å². The fraction of sp³-hybridized carbons (Fsp3) is 0.308. The Hall–Kier alpha value is -3.12. The van der Waals surface area contributed by atoms with Gasteiger partial charge in [0, 0.05) is 23.1 Å². The van der Waals surface area contributed by atoms with Crippen molar-refractivity contribution < 1.29 is 9.84 Å². The van der Waals surface area contributed by atoms with Gasteiger partial charge in [-0.05, 0) is 57.9 Å². The summed E-state index contributed by atoms with van der Waals surface area (Å²) in [4.78, 5) is 6.60. The molecule has 6 heteroatoms. The standard InChI is InChI=1S/C26H29N3O2S/c1-16-10-11-18(12-17(16)2)20-15-32-25(28-20)23-21(30)14-29(24(23)27)13-19-8-6-7-9-22(19)31-26(3,4)5/h6-12,15,27,30H,13-14H2,1-5H3. The minimum absolute atomic E-state index is 0.185. The predicted molar refractivity (Wildman–Crippen MR) is 132 cm³/mol. The number of hydrogen-bond donors (Lipinski definition) is 2. The quantitative estimate of drug-likeness (QED) is 0.477. The zero-order valence-corrected chi connectivity index (χ0v) is 20.0. The van der Waals surface area contributed by atoms with E-state index in [1.807, 2.05) is 55.3 Å². The minimum Gasteiger partial charge on any atom is -0.510 e. The number of aliphatic hydroxyl groups is 1. The third kappa shape index (κ3) is 4.55. The van der Waals surface area contributed by atoms with Gasteiger partial charge in [-0.1, -0.05) is 30.3 Å². The van der Waals surface area contributed by atoms with Crippen LogP contribution in [-0.2, 0) is 6.54 Å². The fourth-order valence-electron chi connectivity index (χ4n) is 3.68. The first-order valence-electron chi connectivity index (χ1n) is 10.7. The van der Waals surface area contributed by atoms with Crippen LogP contribution in [0.5, 0.6) is 5.75 Å². The molecule has 0 aliphatic carbocycles. The highest BCUT2D eigenvalue weighted by atomic mass is 32.1. The van der Waals surface area contributed by atoms with Crippen molar-refractivity contribution in [1.29, 1.82) is 5.41 Å². The summed E-state index contributed by atoms with van der Waals surface area (Å²) >= 11 is 1.46. The van der Waals surface area contributed by atoms with E-state index < -0.39 is 0 Å². The normalized spacial score (nSPS) is 14.4. The highest BCUT2D eigenvalue weighted by molar-refractivity contribution is 7.11. The van der Waals surface area contributed by atoms with Crippen LogP contribution in [0.25, 0.3) is 16.8 Å². The number of rotatable bonds is 5. The summed E-state index contributed by atoms with van der Waals surface area (Å²) in [6.45, 7) is 11.0. The third-order valence-corrected chi connectivity index (χ3v) is 6.31. The first kappa shape index (κ1) is 22.1. The van der Waals surface area contributed by atoms with Crippen LogP contribution < -0.4 is 4.74 Å². The van der Waals surface area contributed by atoms with Crippen LogP contribution in [0.2, 0.25) is 0 Å². The lowest BCUT2D eigenvalue weighted by atomic mass is 10.1. The topological polar surface area (TPSA) is 69.4 Å². The molecule has 0 spiro atoms. The molecule has 0 saturated carbocycles. The van der Waals surface area contributed by atoms with E-state index in [9.17, 15) is 5.11 Å². The molecule has 0 radical (unpaired) electrons. The van der Waals surface area contributed by atoms with Crippen molar-refractivity contribution in [3.8, 4) is 17.0 Å². The van der Waals surface area contributed by atoms with Gasteiger partial charge in [0.1, 0.15) is 28.0 Å². The van der Waals surface area contributed by atoms with E-state index in [1.165, 1.54) is 22.5 Å². The van der Waals surface area contributed by atoms with Crippen LogP contribution in [0.4, 0.5) is 0 Å². The van der Waals surface area contributed by atoms with E-state index in [2.05, 4.69) is 32.0 Å². The van der Waals surface area contributed by atoms with E-state index in [4.69, 9.17) is 15.1 Å². The van der Waals surface area contributed by atoms with E-state index in [-0.39, 0.29) is 23.7 Å². The molecular weight excluding hydrogens is 418 g/mol.